The van der Waals surface area contributed by atoms with E-state index >= 15 is 0 Å². The lowest BCUT2D eigenvalue weighted by Crippen LogP contribution is -2.37. The van der Waals surface area contributed by atoms with Gasteiger partial charge in [-0.15, -0.1) is 0 Å². The van der Waals surface area contributed by atoms with Crippen LogP contribution < -0.4 is 0 Å². The molecule has 0 unspecified atom stereocenters. The van der Waals surface area contributed by atoms with E-state index in [1.54, 1.807) is 12.1 Å². The third-order valence-electron chi connectivity index (χ3n) is 5.55. The molecule has 5 heteroatoms. The summed E-state index contributed by atoms with van der Waals surface area (Å²) < 4.78 is 0.829. The molecule has 1 aliphatic heterocycles. The first-order valence-corrected chi connectivity index (χ1v) is 9.53. The first-order valence-electron chi connectivity index (χ1n) is 8.73. The molecule has 4 rings (SSSR count). The first-order chi connectivity index (χ1) is 12.0. The van der Waals surface area contributed by atoms with E-state index in [0.717, 1.165) is 41.6 Å². The van der Waals surface area contributed by atoms with Gasteiger partial charge < -0.3 is 10.0 Å². The van der Waals surface area contributed by atoms with Gasteiger partial charge in [0.2, 0.25) is 0 Å². The highest BCUT2D eigenvalue weighted by Gasteiger charge is 2.43. The normalized spacial score (nSPS) is 21.6. The summed E-state index contributed by atoms with van der Waals surface area (Å²) in [6.45, 7) is 0. The van der Waals surface area contributed by atoms with Gasteiger partial charge in [0.1, 0.15) is 5.75 Å². The molecule has 130 valence electrons. The molecule has 25 heavy (non-hydrogen) atoms. The van der Waals surface area contributed by atoms with Gasteiger partial charge in [0, 0.05) is 58.4 Å². The molecule has 0 spiro atoms. The van der Waals surface area contributed by atoms with Crippen LogP contribution in [0.2, 0.25) is 0 Å². The zero-order valence-electron chi connectivity index (χ0n) is 14.1. The summed E-state index contributed by atoms with van der Waals surface area (Å²) in [5.74, 6) is -0.114. The Bertz CT molecular complexity index is 808. The number of halogens is 1. The largest absolute Gasteiger partial charge is 0.508 e. The smallest absolute Gasteiger partial charge is 0.161 e. The lowest BCUT2D eigenvalue weighted by Gasteiger charge is -2.42. The highest BCUT2D eigenvalue weighted by molar-refractivity contribution is 9.10. The molecule has 1 heterocycles. The summed E-state index contributed by atoms with van der Waals surface area (Å²) in [7, 11) is 1.97. The van der Waals surface area contributed by atoms with Crippen molar-refractivity contribution in [1.29, 1.82) is 0 Å². The van der Waals surface area contributed by atoms with Gasteiger partial charge in [0.15, 0.2) is 11.6 Å². The zero-order valence-corrected chi connectivity index (χ0v) is 15.7. The van der Waals surface area contributed by atoms with Crippen molar-refractivity contribution < 1.29 is 14.7 Å². The number of phenols is 1. The number of carbonyl (C=O) groups excluding carboxylic acids is 2. The third kappa shape index (κ3) is 2.56. The van der Waals surface area contributed by atoms with Gasteiger partial charge in [-0.2, -0.15) is 0 Å². The minimum Gasteiger partial charge on any atom is -0.508 e. The molecule has 2 aliphatic carbocycles. The first kappa shape index (κ1) is 16.6. The van der Waals surface area contributed by atoms with Crippen molar-refractivity contribution in [2.45, 2.75) is 44.4 Å². The molecule has 0 amide bonds. The zero-order chi connectivity index (χ0) is 17.7. The highest BCUT2D eigenvalue weighted by Crippen LogP contribution is 2.50. The van der Waals surface area contributed by atoms with Crippen molar-refractivity contribution in [2.75, 3.05) is 7.05 Å². The van der Waals surface area contributed by atoms with Crippen LogP contribution in [0.25, 0.3) is 0 Å². The van der Waals surface area contributed by atoms with E-state index in [2.05, 4.69) is 20.8 Å². The van der Waals surface area contributed by atoms with E-state index in [0.29, 0.717) is 29.6 Å². The Kier molecular flexibility index (Phi) is 4.07. The predicted octanol–water partition coefficient (Wildman–Crippen LogP) is 4.20. The monoisotopic (exact) mass is 401 g/mol. The van der Waals surface area contributed by atoms with Crippen LogP contribution in [0.5, 0.6) is 5.75 Å². The van der Waals surface area contributed by atoms with Crippen LogP contribution in [-0.4, -0.2) is 28.6 Å². The second-order valence-electron chi connectivity index (χ2n) is 6.97. The van der Waals surface area contributed by atoms with Gasteiger partial charge in [-0.25, -0.2) is 0 Å². The molecule has 0 saturated carbocycles. The number of phenolic OH excluding ortho intramolecular Hbond substituents is 1. The molecule has 0 atom stereocenters. The fourth-order valence-corrected chi connectivity index (χ4v) is 4.80. The molecule has 0 aromatic heterocycles. The van der Waals surface area contributed by atoms with E-state index < -0.39 is 5.92 Å². The van der Waals surface area contributed by atoms with Crippen molar-refractivity contribution in [3.05, 3.63) is 50.8 Å². The SMILES string of the molecule is CN1C2=C(C(=O)CCC2)C(c2cc(Br)ccc2O)C2=C1CCCC2=O. The van der Waals surface area contributed by atoms with Crippen LogP contribution in [0.1, 0.15) is 50.0 Å². The highest BCUT2D eigenvalue weighted by atomic mass is 79.9. The van der Waals surface area contributed by atoms with Gasteiger partial charge in [0.05, 0.1) is 0 Å². The minimum atomic E-state index is -0.445. The Balaban J connectivity index is 2.00. The van der Waals surface area contributed by atoms with Crippen LogP contribution in [-0.2, 0) is 9.59 Å². The average Bonchev–Trinajstić information content (AvgIpc) is 2.59. The molecule has 1 N–H and O–H groups in total. The summed E-state index contributed by atoms with van der Waals surface area (Å²) in [6.07, 6.45) is 4.39. The lowest BCUT2D eigenvalue weighted by atomic mass is 9.71. The molecule has 3 aliphatic rings. The van der Waals surface area contributed by atoms with E-state index in [9.17, 15) is 14.7 Å². The number of hydrogen-bond acceptors (Lipinski definition) is 4. The molecule has 0 radical (unpaired) electrons. The van der Waals surface area contributed by atoms with Crippen molar-refractivity contribution in [3.8, 4) is 5.75 Å². The fraction of sp³-hybridized carbons (Fsp3) is 0.400. The fourth-order valence-electron chi connectivity index (χ4n) is 4.42. The molecule has 0 saturated heterocycles. The lowest BCUT2D eigenvalue weighted by molar-refractivity contribution is -0.117. The number of aromatic hydroxyl groups is 1. The van der Waals surface area contributed by atoms with Crippen LogP contribution in [0.15, 0.2) is 45.2 Å². The number of carbonyl (C=O) groups is 2. The number of allylic oxidation sites excluding steroid dienone is 4. The van der Waals surface area contributed by atoms with Crippen LogP contribution in [0.3, 0.4) is 0 Å². The average molecular weight is 402 g/mol. The van der Waals surface area contributed by atoms with E-state index in [1.165, 1.54) is 0 Å². The molecule has 1 aromatic carbocycles. The second kappa shape index (κ2) is 6.13. The third-order valence-corrected chi connectivity index (χ3v) is 6.04. The summed E-state index contributed by atoms with van der Waals surface area (Å²) in [5, 5.41) is 10.5. The molecular formula is C20H20BrNO3. The Morgan fingerprint density at radius 3 is 2.12 bits per heavy atom. The molecule has 0 fully saturated rings. The summed E-state index contributed by atoms with van der Waals surface area (Å²) in [4.78, 5) is 27.7. The molecule has 0 bridgehead atoms. The Labute approximate surface area is 155 Å². The number of ketones is 2. The van der Waals surface area contributed by atoms with Crippen LogP contribution >= 0.6 is 15.9 Å². The van der Waals surface area contributed by atoms with Crippen molar-refractivity contribution >= 4 is 27.5 Å². The van der Waals surface area contributed by atoms with Gasteiger partial charge in [-0.3, -0.25) is 9.59 Å². The maximum absolute atomic E-state index is 12.8. The topological polar surface area (TPSA) is 57.6 Å². The van der Waals surface area contributed by atoms with Gasteiger partial charge in [0.25, 0.3) is 0 Å². The number of nitrogens with zero attached hydrogens (tertiary/aromatic N) is 1. The standard InChI is InChI=1S/C20H20BrNO3/c1-22-13-4-2-6-16(24)19(13)18(12-10-11(21)8-9-15(12)23)20-14(22)5-3-7-17(20)25/h8-10,18,23H,2-7H2,1H3. The second-order valence-corrected chi connectivity index (χ2v) is 7.89. The van der Waals surface area contributed by atoms with Crippen LogP contribution in [0, 0.1) is 0 Å². The van der Waals surface area contributed by atoms with Gasteiger partial charge in [-0.05, 0) is 43.9 Å². The number of benzene rings is 1. The Morgan fingerprint density at radius 1 is 1.00 bits per heavy atom. The van der Waals surface area contributed by atoms with E-state index in [-0.39, 0.29) is 17.3 Å². The molecule has 1 aromatic rings. The van der Waals surface area contributed by atoms with Gasteiger partial charge >= 0.3 is 0 Å². The minimum absolute atomic E-state index is 0.0994. The number of rotatable bonds is 1. The summed E-state index contributed by atoms with van der Waals surface area (Å²) in [6, 6.07) is 5.23. The van der Waals surface area contributed by atoms with Crippen LogP contribution in [0.4, 0.5) is 0 Å². The molecule has 4 nitrogen and oxygen atoms in total. The maximum Gasteiger partial charge on any atom is 0.161 e. The summed E-state index contributed by atoms with van der Waals surface area (Å²) >= 11 is 3.46. The number of hydrogen-bond donors (Lipinski definition) is 1. The van der Waals surface area contributed by atoms with Crippen molar-refractivity contribution in [3.63, 3.8) is 0 Å². The summed E-state index contributed by atoms with van der Waals surface area (Å²) in [5.41, 5.74) is 4.10. The van der Waals surface area contributed by atoms with E-state index in [4.69, 9.17) is 0 Å². The maximum atomic E-state index is 12.8. The van der Waals surface area contributed by atoms with Crippen molar-refractivity contribution in [2.24, 2.45) is 0 Å². The molecular weight excluding hydrogens is 382 g/mol. The Hall–Kier alpha value is -1.88. The number of Topliss-reactive ketones (excluding diaryl/α,β-unsaturated/α-hetero) is 2. The van der Waals surface area contributed by atoms with Gasteiger partial charge in [-0.1, -0.05) is 15.9 Å². The predicted molar refractivity (Wildman–Crippen MR) is 98.1 cm³/mol. The van der Waals surface area contributed by atoms with E-state index in [1.807, 2.05) is 13.1 Å². The van der Waals surface area contributed by atoms with Crippen molar-refractivity contribution in [1.82, 2.24) is 4.90 Å². The quantitative estimate of drug-likeness (QED) is 0.765. The Morgan fingerprint density at radius 2 is 1.56 bits per heavy atom.